The molecule has 2 nitrogen and oxygen atoms in total. The molecular weight excluding hydrogens is 288 g/mol. The quantitative estimate of drug-likeness (QED) is 0.866. The van der Waals surface area contributed by atoms with Crippen molar-refractivity contribution in [2.24, 2.45) is 0 Å². The van der Waals surface area contributed by atoms with Gasteiger partial charge in [0.2, 0.25) is 0 Å². The number of aryl methyl sites for hydroxylation is 2. The van der Waals surface area contributed by atoms with Gasteiger partial charge in [0.15, 0.2) is 0 Å². The van der Waals surface area contributed by atoms with E-state index in [9.17, 15) is 0 Å². The molecule has 108 valence electrons. The van der Waals surface area contributed by atoms with Crippen molar-refractivity contribution in [2.45, 2.75) is 46.2 Å². The van der Waals surface area contributed by atoms with E-state index in [4.69, 9.17) is 11.6 Å². The van der Waals surface area contributed by atoms with Gasteiger partial charge in [-0.15, -0.1) is 11.3 Å². The second kappa shape index (κ2) is 6.70. The summed E-state index contributed by atoms with van der Waals surface area (Å²) in [6, 6.07) is 8.73. The molecule has 0 bridgehead atoms. The molecule has 0 radical (unpaired) electrons. The lowest BCUT2D eigenvalue weighted by molar-refractivity contribution is 0.480. The standard InChI is InChI=1S/C16H21ClN2S/c1-10(9-14-7-5-6-8-15(14)17)18-11(2)16-12(3)19-13(4)20-16/h5-8,10-11,18H,9H2,1-4H3. The maximum absolute atomic E-state index is 6.21. The molecule has 2 aromatic rings. The molecule has 1 N–H and O–H groups in total. The summed E-state index contributed by atoms with van der Waals surface area (Å²) in [7, 11) is 0. The maximum Gasteiger partial charge on any atom is 0.0900 e. The summed E-state index contributed by atoms with van der Waals surface area (Å²) >= 11 is 7.99. The first-order valence-corrected chi connectivity index (χ1v) is 8.10. The minimum absolute atomic E-state index is 0.318. The minimum Gasteiger partial charge on any atom is -0.307 e. The van der Waals surface area contributed by atoms with Crippen molar-refractivity contribution in [3.05, 3.63) is 50.4 Å². The molecule has 0 spiro atoms. The average Bonchev–Trinajstić information content (AvgIpc) is 2.71. The van der Waals surface area contributed by atoms with E-state index in [-0.39, 0.29) is 0 Å². The third-order valence-electron chi connectivity index (χ3n) is 3.35. The van der Waals surface area contributed by atoms with Gasteiger partial charge >= 0.3 is 0 Å². The van der Waals surface area contributed by atoms with Crippen LogP contribution in [0.15, 0.2) is 24.3 Å². The van der Waals surface area contributed by atoms with E-state index >= 15 is 0 Å². The van der Waals surface area contributed by atoms with Gasteiger partial charge < -0.3 is 5.32 Å². The first kappa shape index (κ1) is 15.5. The Labute approximate surface area is 130 Å². The van der Waals surface area contributed by atoms with Crippen LogP contribution in [0.5, 0.6) is 0 Å². The van der Waals surface area contributed by atoms with Crippen LogP contribution in [0.3, 0.4) is 0 Å². The highest BCUT2D eigenvalue weighted by molar-refractivity contribution is 7.11. The fourth-order valence-electron chi connectivity index (χ4n) is 2.50. The number of rotatable bonds is 5. The highest BCUT2D eigenvalue weighted by atomic mass is 35.5. The molecule has 0 aliphatic heterocycles. The van der Waals surface area contributed by atoms with Crippen molar-refractivity contribution in [1.29, 1.82) is 0 Å². The normalized spacial score (nSPS) is 14.2. The van der Waals surface area contributed by atoms with E-state index < -0.39 is 0 Å². The number of aromatic nitrogens is 1. The molecular formula is C16H21ClN2S. The Morgan fingerprint density at radius 3 is 2.55 bits per heavy atom. The first-order valence-electron chi connectivity index (χ1n) is 6.90. The highest BCUT2D eigenvalue weighted by Crippen LogP contribution is 2.25. The van der Waals surface area contributed by atoms with Crippen LogP contribution < -0.4 is 5.32 Å². The molecule has 0 saturated carbocycles. The van der Waals surface area contributed by atoms with Crippen molar-refractivity contribution < 1.29 is 0 Å². The minimum atomic E-state index is 0.318. The van der Waals surface area contributed by atoms with Crippen LogP contribution in [-0.4, -0.2) is 11.0 Å². The van der Waals surface area contributed by atoms with Crippen LogP contribution in [0, 0.1) is 13.8 Å². The predicted octanol–water partition coefficient (Wildman–Crippen LogP) is 4.70. The first-order chi connectivity index (χ1) is 9.47. The molecule has 1 aromatic carbocycles. The lowest BCUT2D eigenvalue weighted by Gasteiger charge is -2.20. The second-order valence-electron chi connectivity index (χ2n) is 5.27. The van der Waals surface area contributed by atoms with Crippen LogP contribution in [0.4, 0.5) is 0 Å². The van der Waals surface area contributed by atoms with Crippen molar-refractivity contribution in [1.82, 2.24) is 10.3 Å². The second-order valence-corrected chi connectivity index (χ2v) is 6.91. The third-order valence-corrected chi connectivity index (χ3v) is 4.98. The Bertz CT molecular complexity index is 580. The number of nitrogens with zero attached hydrogens (tertiary/aromatic N) is 1. The summed E-state index contributed by atoms with van der Waals surface area (Å²) in [5.41, 5.74) is 2.33. The number of halogens is 1. The molecule has 1 aromatic heterocycles. The highest BCUT2D eigenvalue weighted by Gasteiger charge is 2.15. The van der Waals surface area contributed by atoms with E-state index in [2.05, 4.69) is 44.1 Å². The molecule has 1 heterocycles. The van der Waals surface area contributed by atoms with E-state index in [1.165, 1.54) is 10.4 Å². The van der Waals surface area contributed by atoms with Crippen molar-refractivity contribution >= 4 is 22.9 Å². The van der Waals surface area contributed by atoms with Gasteiger partial charge in [-0.05, 0) is 45.7 Å². The molecule has 0 saturated heterocycles. The van der Waals surface area contributed by atoms with Gasteiger partial charge in [-0.1, -0.05) is 29.8 Å². The maximum atomic E-state index is 6.21. The van der Waals surface area contributed by atoms with E-state index in [1.54, 1.807) is 11.3 Å². The molecule has 2 unspecified atom stereocenters. The molecule has 4 heteroatoms. The Balaban J connectivity index is 1.99. The third kappa shape index (κ3) is 3.81. The van der Waals surface area contributed by atoms with Crippen LogP contribution in [0.25, 0.3) is 0 Å². The SMILES string of the molecule is Cc1nc(C)c(C(C)NC(C)Cc2ccccc2Cl)s1. The Kier molecular flexibility index (Phi) is 5.19. The zero-order valence-corrected chi connectivity index (χ0v) is 14.0. The van der Waals surface area contributed by atoms with E-state index in [1.807, 2.05) is 18.2 Å². The summed E-state index contributed by atoms with van der Waals surface area (Å²) in [5.74, 6) is 0. The van der Waals surface area contributed by atoms with Gasteiger partial charge in [0.05, 0.1) is 10.7 Å². The zero-order valence-electron chi connectivity index (χ0n) is 12.4. The molecule has 2 rings (SSSR count). The molecule has 0 aliphatic carbocycles. The van der Waals surface area contributed by atoms with Gasteiger partial charge in [-0.25, -0.2) is 4.98 Å². The van der Waals surface area contributed by atoms with Crippen LogP contribution >= 0.6 is 22.9 Å². The molecule has 20 heavy (non-hydrogen) atoms. The summed E-state index contributed by atoms with van der Waals surface area (Å²) in [5, 5.41) is 5.61. The fourth-order valence-corrected chi connectivity index (χ4v) is 3.66. The predicted molar refractivity (Wildman–Crippen MR) is 87.8 cm³/mol. The van der Waals surface area contributed by atoms with Crippen molar-refractivity contribution in [2.75, 3.05) is 0 Å². The number of thiazole rings is 1. The van der Waals surface area contributed by atoms with Crippen LogP contribution in [0.2, 0.25) is 5.02 Å². The summed E-state index contributed by atoms with van der Waals surface area (Å²) < 4.78 is 0. The topological polar surface area (TPSA) is 24.9 Å². The van der Waals surface area contributed by atoms with Gasteiger partial charge in [0, 0.05) is 22.0 Å². The number of hydrogen-bond acceptors (Lipinski definition) is 3. The van der Waals surface area contributed by atoms with Crippen LogP contribution in [-0.2, 0) is 6.42 Å². The van der Waals surface area contributed by atoms with Crippen molar-refractivity contribution in [3.63, 3.8) is 0 Å². The fraction of sp³-hybridized carbons (Fsp3) is 0.438. The van der Waals surface area contributed by atoms with E-state index in [0.717, 1.165) is 22.1 Å². The largest absolute Gasteiger partial charge is 0.307 e. The summed E-state index contributed by atoms with van der Waals surface area (Å²) in [6.45, 7) is 8.53. The molecule has 2 atom stereocenters. The Morgan fingerprint density at radius 1 is 1.25 bits per heavy atom. The zero-order chi connectivity index (χ0) is 14.7. The smallest absolute Gasteiger partial charge is 0.0900 e. The van der Waals surface area contributed by atoms with Gasteiger partial charge in [0.1, 0.15) is 0 Å². The molecule has 0 fully saturated rings. The molecule has 0 aliphatic rings. The number of benzene rings is 1. The molecule has 0 amide bonds. The Hall–Kier alpha value is -0.900. The van der Waals surface area contributed by atoms with E-state index in [0.29, 0.717) is 12.1 Å². The average molecular weight is 309 g/mol. The number of hydrogen-bond donors (Lipinski definition) is 1. The van der Waals surface area contributed by atoms with Crippen molar-refractivity contribution in [3.8, 4) is 0 Å². The Morgan fingerprint density at radius 2 is 1.95 bits per heavy atom. The lowest BCUT2D eigenvalue weighted by atomic mass is 10.1. The summed E-state index contributed by atoms with van der Waals surface area (Å²) in [6.07, 6.45) is 0.931. The summed E-state index contributed by atoms with van der Waals surface area (Å²) in [4.78, 5) is 5.82. The van der Waals surface area contributed by atoms with Gasteiger partial charge in [-0.3, -0.25) is 0 Å². The lowest BCUT2D eigenvalue weighted by Crippen LogP contribution is -2.30. The van der Waals surface area contributed by atoms with Gasteiger partial charge in [0.25, 0.3) is 0 Å². The van der Waals surface area contributed by atoms with Crippen LogP contribution in [0.1, 0.15) is 41.0 Å². The monoisotopic (exact) mass is 308 g/mol. The number of nitrogens with one attached hydrogen (secondary N) is 1. The van der Waals surface area contributed by atoms with Gasteiger partial charge in [-0.2, -0.15) is 0 Å².